The van der Waals surface area contributed by atoms with Crippen LogP contribution in [0.3, 0.4) is 0 Å². The zero-order valence-electron chi connectivity index (χ0n) is 9.96. The summed E-state index contributed by atoms with van der Waals surface area (Å²) in [7, 11) is -1.94. The summed E-state index contributed by atoms with van der Waals surface area (Å²) in [5.41, 5.74) is 0.938. The molecule has 0 amide bonds. The van der Waals surface area contributed by atoms with E-state index in [1.54, 1.807) is 0 Å². The Kier molecular flexibility index (Phi) is 5.12. The predicted molar refractivity (Wildman–Crippen MR) is 62.7 cm³/mol. The van der Waals surface area contributed by atoms with Crippen molar-refractivity contribution in [1.82, 2.24) is 0 Å². The van der Waals surface area contributed by atoms with Crippen molar-refractivity contribution in [3.8, 4) is 0 Å². The van der Waals surface area contributed by atoms with Crippen LogP contribution >= 0.6 is 0 Å². The second-order valence-corrected chi connectivity index (χ2v) is 8.99. The lowest BCUT2D eigenvalue weighted by Gasteiger charge is -2.35. The second-order valence-electron chi connectivity index (χ2n) is 4.27. The third-order valence-electron chi connectivity index (χ3n) is 3.22. The lowest BCUT2D eigenvalue weighted by molar-refractivity contribution is -0.130. The normalized spacial score (nSPS) is 17.3. The van der Waals surface area contributed by atoms with Crippen LogP contribution in [0.25, 0.3) is 0 Å². The van der Waals surface area contributed by atoms with Gasteiger partial charge in [0, 0.05) is 6.08 Å². The minimum absolute atomic E-state index is 0.270. The van der Waals surface area contributed by atoms with Gasteiger partial charge in [-0.3, -0.25) is 0 Å². The summed E-state index contributed by atoms with van der Waals surface area (Å²) in [5.74, 6) is -0.270. The minimum atomic E-state index is -1.94. The molecule has 82 valence electrons. The van der Waals surface area contributed by atoms with E-state index >= 15 is 0 Å². The van der Waals surface area contributed by atoms with Crippen LogP contribution in [0.4, 0.5) is 0 Å². The molecule has 0 saturated heterocycles. The van der Waals surface area contributed by atoms with Crippen LogP contribution < -0.4 is 0 Å². The number of carbonyl (C=O) groups is 1. The summed E-state index contributed by atoms with van der Waals surface area (Å²) in [4.78, 5) is 11.2. The quantitative estimate of drug-likeness (QED) is 0.517. The van der Waals surface area contributed by atoms with E-state index in [0.29, 0.717) is 11.1 Å². The van der Waals surface area contributed by atoms with Crippen molar-refractivity contribution in [3.05, 3.63) is 12.7 Å². The Balaban J connectivity index is 4.71. The molecule has 0 heterocycles. The molecule has 2 nitrogen and oxygen atoms in total. The molecule has 0 aromatic carbocycles. The van der Waals surface area contributed by atoms with E-state index in [2.05, 4.69) is 40.8 Å². The summed E-state index contributed by atoms with van der Waals surface area (Å²) < 4.78 is 5.58. The molecular formula is C11H22O2Si. The Morgan fingerprint density at radius 2 is 2.00 bits per heavy atom. The molecule has 0 aliphatic heterocycles. The van der Waals surface area contributed by atoms with E-state index in [1.807, 2.05) is 0 Å². The molecule has 0 aliphatic rings. The van der Waals surface area contributed by atoms with Crippen LogP contribution in [0, 0.1) is 0 Å². The average molecular weight is 214 g/mol. The highest BCUT2D eigenvalue weighted by molar-refractivity contribution is 6.76. The van der Waals surface area contributed by atoms with Gasteiger partial charge in [-0.05, 0) is 17.6 Å². The van der Waals surface area contributed by atoms with Crippen LogP contribution in [0.15, 0.2) is 12.7 Å². The molecule has 14 heavy (non-hydrogen) atoms. The first-order chi connectivity index (χ1) is 6.38. The second kappa shape index (κ2) is 5.34. The lowest BCUT2D eigenvalue weighted by atomic mass is 10.4. The number of rotatable bonds is 5. The standard InChI is InChI=1S/C11H22O2Si/c1-7-10(5)14(6,9(3)4)13-11(12)8-2/h8-10H,2,7H2,1,3-6H3. The predicted octanol–water partition coefficient (Wildman–Crippen LogP) is 3.50. The Bertz CT molecular complexity index is 213. The van der Waals surface area contributed by atoms with Crippen molar-refractivity contribution < 1.29 is 9.22 Å². The number of hydrogen-bond donors (Lipinski definition) is 0. The largest absolute Gasteiger partial charge is 0.516 e. The van der Waals surface area contributed by atoms with Gasteiger partial charge in [0.1, 0.15) is 0 Å². The molecule has 0 aromatic rings. The first-order valence-corrected chi connectivity index (χ1v) is 7.80. The van der Waals surface area contributed by atoms with Gasteiger partial charge in [-0.15, -0.1) is 0 Å². The van der Waals surface area contributed by atoms with Gasteiger partial charge in [0.05, 0.1) is 0 Å². The minimum Gasteiger partial charge on any atom is -0.516 e. The summed E-state index contributed by atoms with van der Waals surface area (Å²) in [6, 6.07) is 0. The van der Waals surface area contributed by atoms with Crippen LogP contribution in [-0.4, -0.2) is 14.3 Å². The van der Waals surface area contributed by atoms with E-state index in [9.17, 15) is 4.79 Å². The maximum atomic E-state index is 11.2. The molecule has 0 bridgehead atoms. The molecule has 2 unspecified atom stereocenters. The van der Waals surface area contributed by atoms with Crippen LogP contribution in [-0.2, 0) is 9.22 Å². The zero-order chi connectivity index (χ0) is 11.4. The summed E-state index contributed by atoms with van der Waals surface area (Å²) in [6.07, 6.45) is 2.32. The SMILES string of the molecule is C=CC(=O)O[Si](C)(C(C)C)C(C)CC. The molecular weight excluding hydrogens is 192 g/mol. The van der Waals surface area contributed by atoms with Gasteiger partial charge in [0.2, 0.25) is 0 Å². The highest BCUT2D eigenvalue weighted by Crippen LogP contribution is 2.35. The summed E-state index contributed by atoms with van der Waals surface area (Å²) in [6.45, 7) is 14.1. The highest BCUT2D eigenvalue weighted by atomic mass is 28.4. The van der Waals surface area contributed by atoms with E-state index in [-0.39, 0.29) is 5.97 Å². The molecule has 0 radical (unpaired) electrons. The van der Waals surface area contributed by atoms with E-state index in [4.69, 9.17) is 4.43 Å². The highest BCUT2D eigenvalue weighted by Gasteiger charge is 2.41. The fraction of sp³-hybridized carbons (Fsp3) is 0.727. The molecule has 2 atom stereocenters. The monoisotopic (exact) mass is 214 g/mol. The van der Waals surface area contributed by atoms with E-state index in [1.165, 1.54) is 6.08 Å². The molecule has 0 rings (SSSR count). The first-order valence-electron chi connectivity index (χ1n) is 5.23. The van der Waals surface area contributed by atoms with Gasteiger partial charge in [-0.2, -0.15) is 0 Å². The van der Waals surface area contributed by atoms with Crippen molar-refractivity contribution in [1.29, 1.82) is 0 Å². The summed E-state index contributed by atoms with van der Waals surface area (Å²) >= 11 is 0. The summed E-state index contributed by atoms with van der Waals surface area (Å²) in [5, 5.41) is 0. The third kappa shape index (κ3) is 2.98. The first kappa shape index (κ1) is 13.4. The fourth-order valence-electron chi connectivity index (χ4n) is 1.45. The topological polar surface area (TPSA) is 26.3 Å². The van der Waals surface area contributed by atoms with Crippen LogP contribution in [0.1, 0.15) is 34.1 Å². The van der Waals surface area contributed by atoms with Crippen molar-refractivity contribution in [3.63, 3.8) is 0 Å². The Morgan fingerprint density at radius 3 is 2.29 bits per heavy atom. The van der Waals surface area contributed by atoms with Crippen molar-refractivity contribution in [2.75, 3.05) is 0 Å². The van der Waals surface area contributed by atoms with Crippen molar-refractivity contribution in [2.45, 2.75) is 51.7 Å². The molecule has 0 saturated carbocycles. The molecule has 0 spiro atoms. The maximum Gasteiger partial charge on any atom is 0.316 e. The van der Waals surface area contributed by atoms with Gasteiger partial charge < -0.3 is 4.43 Å². The lowest BCUT2D eigenvalue weighted by Crippen LogP contribution is -2.43. The van der Waals surface area contributed by atoms with Crippen molar-refractivity contribution >= 4 is 14.3 Å². The zero-order valence-corrected chi connectivity index (χ0v) is 11.0. The maximum absolute atomic E-state index is 11.2. The Hall–Kier alpha value is -0.573. The fourth-order valence-corrected chi connectivity index (χ4v) is 4.35. The average Bonchev–Trinajstić information content (AvgIpc) is 2.15. The van der Waals surface area contributed by atoms with Crippen molar-refractivity contribution in [2.24, 2.45) is 0 Å². The molecule has 0 N–H and O–H groups in total. The van der Waals surface area contributed by atoms with Gasteiger partial charge in [-0.25, -0.2) is 4.79 Å². The van der Waals surface area contributed by atoms with Gasteiger partial charge >= 0.3 is 5.97 Å². The van der Waals surface area contributed by atoms with Crippen LogP contribution in [0.2, 0.25) is 17.6 Å². The smallest absolute Gasteiger partial charge is 0.316 e. The molecule has 0 fully saturated rings. The van der Waals surface area contributed by atoms with Gasteiger partial charge in [0.15, 0.2) is 0 Å². The van der Waals surface area contributed by atoms with E-state index in [0.717, 1.165) is 6.42 Å². The van der Waals surface area contributed by atoms with Gasteiger partial charge in [0.25, 0.3) is 8.32 Å². The Morgan fingerprint density at radius 1 is 1.50 bits per heavy atom. The number of hydrogen-bond acceptors (Lipinski definition) is 2. The van der Waals surface area contributed by atoms with Gasteiger partial charge in [-0.1, -0.05) is 40.7 Å². The molecule has 3 heteroatoms. The third-order valence-corrected chi connectivity index (χ3v) is 8.52. The van der Waals surface area contributed by atoms with E-state index < -0.39 is 8.32 Å². The molecule has 0 aliphatic carbocycles. The van der Waals surface area contributed by atoms with Crippen LogP contribution in [0.5, 0.6) is 0 Å². The number of carbonyl (C=O) groups excluding carboxylic acids is 1. The Labute approximate surface area is 88.5 Å². The molecule has 0 aromatic heterocycles.